The number of rotatable bonds is 3. The van der Waals surface area contributed by atoms with Crippen molar-refractivity contribution in [3.8, 4) is 0 Å². The largest absolute Gasteiger partial charge is 0.294 e. The number of ketones is 1. The summed E-state index contributed by atoms with van der Waals surface area (Å²) in [5, 5.41) is 0. The topological polar surface area (TPSA) is 17.1 Å². The lowest BCUT2D eigenvalue weighted by atomic mass is 9.94. The maximum absolute atomic E-state index is 12.9. The van der Waals surface area contributed by atoms with Crippen molar-refractivity contribution in [2.24, 2.45) is 5.92 Å². The molecule has 0 saturated carbocycles. The van der Waals surface area contributed by atoms with Crippen molar-refractivity contribution in [3.63, 3.8) is 0 Å². The quantitative estimate of drug-likeness (QED) is 0.701. The highest BCUT2D eigenvalue weighted by Gasteiger charge is 2.35. The van der Waals surface area contributed by atoms with Crippen LogP contribution in [-0.4, -0.2) is 11.7 Å². The van der Waals surface area contributed by atoms with Crippen molar-refractivity contribution in [3.05, 3.63) is 35.4 Å². The Morgan fingerprint density at radius 1 is 1.27 bits per heavy atom. The second kappa shape index (κ2) is 4.09. The minimum Gasteiger partial charge on any atom is -0.294 e. The first-order chi connectivity index (χ1) is 6.82. The van der Waals surface area contributed by atoms with E-state index in [0.717, 1.165) is 12.5 Å². The number of alkyl halides is 2. The van der Waals surface area contributed by atoms with Gasteiger partial charge in [0.2, 0.25) is 0 Å². The van der Waals surface area contributed by atoms with E-state index in [1.807, 2.05) is 6.92 Å². The molecule has 1 rings (SSSR count). The van der Waals surface area contributed by atoms with E-state index in [-0.39, 0.29) is 0 Å². The molecule has 1 aromatic rings. The first kappa shape index (κ1) is 11.8. The predicted octanol–water partition coefficient (Wildman–Crippen LogP) is 3.47. The maximum Gasteiger partial charge on any atom is 0.255 e. The molecule has 0 heterocycles. The predicted molar refractivity (Wildman–Crippen MR) is 55.3 cm³/mol. The third kappa shape index (κ3) is 2.85. The lowest BCUT2D eigenvalue weighted by Gasteiger charge is -2.17. The van der Waals surface area contributed by atoms with Crippen LogP contribution in [0.5, 0.6) is 0 Å². The number of halogens is 2. The molecule has 1 aromatic carbocycles. The third-order valence-electron chi connectivity index (χ3n) is 2.49. The van der Waals surface area contributed by atoms with Crippen molar-refractivity contribution in [1.82, 2.24) is 0 Å². The molecular formula is C12H14F2O. The van der Waals surface area contributed by atoms with Crippen LogP contribution in [0.1, 0.15) is 29.8 Å². The minimum absolute atomic E-state index is 0.342. The Kier molecular flexibility index (Phi) is 3.22. The molecule has 1 unspecified atom stereocenters. The molecule has 15 heavy (non-hydrogen) atoms. The van der Waals surface area contributed by atoms with Crippen molar-refractivity contribution in [1.29, 1.82) is 0 Å². The van der Waals surface area contributed by atoms with Gasteiger partial charge in [-0.3, -0.25) is 4.79 Å². The average Bonchev–Trinajstić information content (AvgIpc) is 2.15. The maximum atomic E-state index is 12.9. The van der Waals surface area contributed by atoms with E-state index < -0.39 is 17.6 Å². The standard InChI is InChI=1S/C12H14F2O/c1-8-4-6-10(7-5-8)11(15)9(2)12(3,13)14/h4-7,9H,1-3H3. The van der Waals surface area contributed by atoms with Gasteiger partial charge >= 0.3 is 0 Å². The molecule has 0 fully saturated rings. The van der Waals surface area contributed by atoms with Gasteiger partial charge in [-0.1, -0.05) is 29.8 Å². The summed E-state index contributed by atoms with van der Waals surface area (Å²) >= 11 is 0. The van der Waals surface area contributed by atoms with Crippen LogP contribution in [0.3, 0.4) is 0 Å². The molecule has 0 N–H and O–H groups in total. The minimum atomic E-state index is -2.97. The van der Waals surface area contributed by atoms with Gasteiger partial charge in [0.1, 0.15) is 0 Å². The summed E-state index contributed by atoms with van der Waals surface area (Å²) in [5.74, 6) is -4.76. The SMILES string of the molecule is Cc1ccc(C(=O)C(C)C(C)(F)F)cc1. The fraction of sp³-hybridized carbons (Fsp3) is 0.417. The molecule has 0 spiro atoms. The summed E-state index contributed by atoms with van der Waals surface area (Å²) in [5.41, 5.74) is 1.34. The molecule has 3 heteroatoms. The molecule has 0 saturated heterocycles. The number of carbonyl (C=O) groups excluding carboxylic acids is 1. The average molecular weight is 212 g/mol. The Balaban J connectivity index is 2.90. The zero-order valence-electron chi connectivity index (χ0n) is 9.05. The first-order valence-corrected chi connectivity index (χ1v) is 4.81. The summed E-state index contributed by atoms with van der Waals surface area (Å²) < 4.78 is 25.8. The van der Waals surface area contributed by atoms with Crippen LogP contribution in [0.15, 0.2) is 24.3 Å². The first-order valence-electron chi connectivity index (χ1n) is 4.81. The Bertz CT molecular complexity index is 349. The monoisotopic (exact) mass is 212 g/mol. The highest BCUT2D eigenvalue weighted by molar-refractivity contribution is 5.98. The highest BCUT2D eigenvalue weighted by atomic mass is 19.3. The fourth-order valence-electron chi connectivity index (χ4n) is 1.20. The van der Waals surface area contributed by atoms with Gasteiger partial charge in [0.15, 0.2) is 5.78 Å². The summed E-state index contributed by atoms with van der Waals surface area (Å²) in [4.78, 5) is 11.6. The van der Waals surface area contributed by atoms with E-state index in [1.54, 1.807) is 24.3 Å². The second-order valence-corrected chi connectivity index (χ2v) is 3.91. The zero-order chi connectivity index (χ0) is 11.6. The Morgan fingerprint density at radius 2 is 1.73 bits per heavy atom. The third-order valence-corrected chi connectivity index (χ3v) is 2.49. The van der Waals surface area contributed by atoms with Crippen molar-refractivity contribution < 1.29 is 13.6 Å². The lowest BCUT2D eigenvalue weighted by Crippen LogP contribution is -2.29. The number of Topliss-reactive ketones (excluding diaryl/α,β-unsaturated/α-hetero) is 1. The summed E-state index contributed by atoms with van der Waals surface area (Å²) in [6.45, 7) is 3.90. The fourth-order valence-corrected chi connectivity index (χ4v) is 1.20. The highest BCUT2D eigenvalue weighted by Crippen LogP contribution is 2.26. The van der Waals surface area contributed by atoms with E-state index >= 15 is 0 Å². The van der Waals surface area contributed by atoms with E-state index in [0.29, 0.717) is 5.56 Å². The van der Waals surface area contributed by atoms with E-state index in [9.17, 15) is 13.6 Å². The lowest BCUT2D eigenvalue weighted by molar-refractivity contribution is -0.0222. The van der Waals surface area contributed by atoms with Crippen LogP contribution in [0, 0.1) is 12.8 Å². The molecule has 0 amide bonds. The molecule has 1 atom stereocenters. The molecule has 0 aliphatic carbocycles. The molecule has 0 aliphatic heterocycles. The zero-order valence-corrected chi connectivity index (χ0v) is 9.05. The van der Waals surface area contributed by atoms with Gasteiger partial charge in [0.25, 0.3) is 5.92 Å². The Labute approximate surface area is 88.1 Å². The molecule has 0 aromatic heterocycles. The van der Waals surface area contributed by atoms with Gasteiger partial charge < -0.3 is 0 Å². The second-order valence-electron chi connectivity index (χ2n) is 3.91. The van der Waals surface area contributed by atoms with Gasteiger partial charge in [-0.05, 0) is 13.8 Å². The van der Waals surface area contributed by atoms with Gasteiger partial charge in [-0.2, -0.15) is 0 Å². The Morgan fingerprint density at radius 3 is 2.13 bits per heavy atom. The number of hydrogen-bond donors (Lipinski definition) is 0. The molecule has 0 radical (unpaired) electrons. The summed E-state index contributed by atoms with van der Waals surface area (Å²) in [6.07, 6.45) is 0. The molecule has 1 nitrogen and oxygen atoms in total. The number of benzene rings is 1. The molecular weight excluding hydrogens is 198 g/mol. The van der Waals surface area contributed by atoms with E-state index in [4.69, 9.17) is 0 Å². The molecule has 0 bridgehead atoms. The smallest absolute Gasteiger partial charge is 0.255 e. The van der Waals surface area contributed by atoms with Gasteiger partial charge in [-0.15, -0.1) is 0 Å². The summed E-state index contributed by atoms with van der Waals surface area (Å²) in [7, 11) is 0. The van der Waals surface area contributed by atoms with Gasteiger partial charge in [0, 0.05) is 12.5 Å². The Hall–Kier alpha value is -1.25. The number of aryl methyl sites for hydroxylation is 1. The number of hydrogen-bond acceptors (Lipinski definition) is 1. The van der Waals surface area contributed by atoms with Crippen LogP contribution in [0.4, 0.5) is 8.78 Å². The molecule has 0 aliphatic rings. The van der Waals surface area contributed by atoms with Gasteiger partial charge in [-0.25, -0.2) is 8.78 Å². The molecule has 82 valence electrons. The number of carbonyl (C=O) groups is 1. The van der Waals surface area contributed by atoms with E-state index in [1.165, 1.54) is 6.92 Å². The van der Waals surface area contributed by atoms with Crippen molar-refractivity contribution in [2.75, 3.05) is 0 Å². The van der Waals surface area contributed by atoms with Crippen LogP contribution < -0.4 is 0 Å². The van der Waals surface area contributed by atoms with Crippen molar-refractivity contribution >= 4 is 5.78 Å². The van der Waals surface area contributed by atoms with Gasteiger partial charge in [0.05, 0.1) is 5.92 Å². The normalized spacial score (nSPS) is 13.7. The van der Waals surface area contributed by atoms with Crippen LogP contribution >= 0.6 is 0 Å². The summed E-state index contributed by atoms with van der Waals surface area (Å²) in [6, 6.07) is 6.65. The van der Waals surface area contributed by atoms with Crippen LogP contribution in [0.25, 0.3) is 0 Å². The van der Waals surface area contributed by atoms with Crippen LogP contribution in [-0.2, 0) is 0 Å². The van der Waals surface area contributed by atoms with Crippen molar-refractivity contribution in [2.45, 2.75) is 26.7 Å². The van der Waals surface area contributed by atoms with Crippen LogP contribution in [0.2, 0.25) is 0 Å². The van der Waals surface area contributed by atoms with E-state index in [2.05, 4.69) is 0 Å².